The van der Waals surface area contributed by atoms with Crippen LogP contribution in [0.1, 0.15) is 48.3 Å². The molecule has 1 aliphatic carbocycles. The topological polar surface area (TPSA) is 18.5 Å². The van der Waals surface area contributed by atoms with Crippen molar-refractivity contribution < 1.29 is 13.9 Å². The zero-order valence-corrected chi connectivity index (χ0v) is 16.8. The van der Waals surface area contributed by atoms with Crippen molar-refractivity contribution in [2.24, 2.45) is 0 Å². The van der Waals surface area contributed by atoms with E-state index in [-0.39, 0.29) is 17.8 Å². The zero-order chi connectivity index (χ0) is 20.1. The fourth-order valence-corrected chi connectivity index (χ4v) is 4.16. The number of benzene rings is 3. The van der Waals surface area contributed by atoms with Crippen LogP contribution in [0.2, 0.25) is 0 Å². The van der Waals surface area contributed by atoms with Crippen LogP contribution in [0.4, 0.5) is 4.39 Å². The van der Waals surface area contributed by atoms with Crippen molar-refractivity contribution in [1.29, 1.82) is 0 Å². The molecule has 0 radical (unpaired) electrons. The molecule has 3 heteroatoms. The number of methoxy groups -OCH3 is 1. The summed E-state index contributed by atoms with van der Waals surface area (Å²) in [5, 5.41) is 0. The Kier molecular flexibility index (Phi) is 6.14. The second kappa shape index (κ2) is 9.13. The van der Waals surface area contributed by atoms with E-state index in [4.69, 9.17) is 9.47 Å². The number of halogens is 1. The van der Waals surface area contributed by atoms with Crippen LogP contribution in [0.5, 0.6) is 11.5 Å². The van der Waals surface area contributed by atoms with Gasteiger partial charge in [0.15, 0.2) is 11.5 Å². The highest BCUT2D eigenvalue weighted by Crippen LogP contribution is 2.37. The van der Waals surface area contributed by atoms with Crippen molar-refractivity contribution in [1.82, 2.24) is 0 Å². The fourth-order valence-electron chi connectivity index (χ4n) is 4.16. The average molecular weight is 390 g/mol. The quantitative estimate of drug-likeness (QED) is 0.457. The van der Waals surface area contributed by atoms with Gasteiger partial charge in [-0.15, -0.1) is 0 Å². The molecule has 0 N–H and O–H groups in total. The monoisotopic (exact) mass is 390 g/mol. The molecule has 1 fully saturated rings. The predicted molar refractivity (Wildman–Crippen MR) is 114 cm³/mol. The number of rotatable bonds is 7. The van der Waals surface area contributed by atoms with Crippen LogP contribution in [0, 0.1) is 5.82 Å². The maximum atomic E-state index is 13.4. The summed E-state index contributed by atoms with van der Waals surface area (Å²) in [5.41, 5.74) is 3.51. The van der Waals surface area contributed by atoms with E-state index >= 15 is 0 Å². The standard InChI is InChI=1S/C26H27FO2/c1-28-25-16-13-21(18-26(25)29-23-9-5-6-10-23)24(20-7-3-2-4-8-20)17-19-11-14-22(27)15-12-19/h2-4,7-8,11-16,18,23-24H,5-6,9-10,17H2,1H3. The Bertz CT molecular complexity index is 915. The van der Waals surface area contributed by atoms with E-state index in [1.165, 1.54) is 36.1 Å². The first-order valence-electron chi connectivity index (χ1n) is 10.4. The molecule has 0 amide bonds. The summed E-state index contributed by atoms with van der Waals surface area (Å²) in [7, 11) is 1.68. The number of ether oxygens (including phenoxy) is 2. The Hall–Kier alpha value is -2.81. The molecule has 1 atom stereocenters. The van der Waals surface area contributed by atoms with Crippen molar-refractivity contribution in [2.75, 3.05) is 7.11 Å². The van der Waals surface area contributed by atoms with Gasteiger partial charge in [0.1, 0.15) is 5.82 Å². The van der Waals surface area contributed by atoms with Gasteiger partial charge in [-0.1, -0.05) is 48.5 Å². The smallest absolute Gasteiger partial charge is 0.161 e. The van der Waals surface area contributed by atoms with Crippen molar-refractivity contribution in [3.8, 4) is 11.5 Å². The minimum absolute atomic E-state index is 0.151. The van der Waals surface area contributed by atoms with Crippen LogP contribution in [-0.4, -0.2) is 13.2 Å². The molecule has 0 bridgehead atoms. The minimum Gasteiger partial charge on any atom is -0.493 e. The van der Waals surface area contributed by atoms with E-state index in [2.05, 4.69) is 36.4 Å². The van der Waals surface area contributed by atoms with Gasteiger partial charge in [0.25, 0.3) is 0 Å². The van der Waals surface area contributed by atoms with Gasteiger partial charge < -0.3 is 9.47 Å². The SMILES string of the molecule is COc1ccc(C(Cc2ccc(F)cc2)c2ccccc2)cc1OC1CCCC1. The Labute approximate surface area is 172 Å². The summed E-state index contributed by atoms with van der Waals surface area (Å²) in [6.07, 6.45) is 5.72. The Balaban J connectivity index is 1.68. The second-order valence-corrected chi connectivity index (χ2v) is 7.73. The van der Waals surface area contributed by atoms with Crippen molar-refractivity contribution in [3.63, 3.8) is 0 Å². The van der Waals surface area contributed by atoms with Gasteiger partial charge in [-0.05, 0) is 73.1 Å². The summed E-state index contributed by atoms with van der Waals surface area (Å²) in [6, 6.07) is 23.5. The fraction of sp³-hybridized carbons (Fsp3) is 0.308. The van der Waals surface area contributed by atoms with Gasteiger partial charge in [0.2, 0.25) is 0 Å². The maximum Gasteiger partial charge on any atom is 0.161 e. The molecule has 4 rings (SSSR count). The molecule has 2 nitrogen and oxygen atoms in total. The average Bonchev–Trinajstić information content (AvgIpc) is 3.27. The van der Waals surface area contributed by atoms with Gasteiger partial charge in [-0.2, -0.15) is 0 Å². The Morgan fingerprint density at radius 2 is 1.59 bits per heavy atom. The van der Waals surface area contributed by atoms with Gasteiger partial charge in [-0.3, -0.25) is 0 Å². The third-order valence-electron chi connectivity index (χ3n) is 5.74. The first-order chi connectivity index (χ1) is 14.2. The van der Waals surface area contributed by atoms with E-state index < -0.39 is 0 Å². The highest BCUT2D eigenvalue weighted by molar-refractivity contribution is 5.47. The van der Waals surface area contributed by atoms with E-state index in [0.29, 0.717) is 0 Å². The molecule has 0 saturated heterocycles. The maximum absolute atomic E-state index is 13.4. The lowest BCUT2D eigenvalue weighted by molar-refractivity contribution is 0.200. The third kappa shape index (κ3) is 4.79. The van der Waals surface area contributed by atoms with Crippen LogP contribution in [0.25, 0.3) is 0 Å². The highest BCUT2D eigenvalue weighted by atomic mass is 19.1. The molecule has 3 aromatic carbocycles. The molecule has 0 spiro atoms. The first-order valence-corrected chi connectivity index (χ1v) is 10.4. The van der Waals surface area contributed by atoms with Gasteiger partial charge in [0, 0.05) is 5.92 Å². The molecular weight excluding hydrogens is 363 g/mol. The van der Waals surface area contributed by atoms with E-state index in [9.17, 15) is 4.39 Å². The van der Waals surface area contributed by atoms with Crippen LogP contribution in [0.15, 0.2) is 72.8 Å². The van der Waals surface area contributed by atoms with E-state index in [1.54, 1.807) is 7.11 Å². The van der Waals surface area contributed by atoms with Gasteiger partial charge in [0.05, 0.1) is 13.2 Å². The van der Waals surface area contributed by atoms with Crippen LogP contribution in [0.3, 0.4) is 0 Å². The van der Waals surface area contributed by atoms with Gasteiger partial charge >= 0.3 is 0 Å². The molecule has 1 saturated carbocycles. The Morgan fingerprint density at radius 3 is 2.28 bits per heavy atom. The minimum atomic E-state index is -0.207. The molecule has 0 aromatic heterocycles. The molecule has 1 aliphatic rings. The lowest BCUT2D eigenvalue weighted by Crippen LogP contribution is -2.12. The highest BCUT2D eigenvalue weighted by Gasteiger charge is 2.21. The van der Waals surface area contributed by atoms with Crippen molar-refractivity contribution in [2.45, 2.75) is 44.1 Å². The molecule has 0 heterocycles. The largest absolute Gasteiger partial charge is 0.493 e. The lowest BCUT2D eigenvalue weighted by Gasteiger charge is -2.22. The molecule has 150 valence electrons. The number of hydrogen-bond acceptors (Lipinski definition) is 2. The summed E-state index contributed by atoms with van der Waals surface area (Å²) < 4.78 is 25.2. The second-order valence-electron chi connectivity index (χ2n) is 7.73. The third-order valence-corrected chi connectivity index (χ3v) is 5.74. The summed E-state index contributed by atoms with van der Waals surface area (Å²) in [4.78, 5) is 0. The Morgan fingerprint density at radius 1 is 0.862 bits per heavy atom. The first kappa shape index (κ1) is 19.5. The molecule has 0 aliphatic heterocycles. The number of hydrogen-bond donors (Lipinski definition) is 0. The van der Waals surface area contributed by atoms with E-state index in [1.807, 2.05) is 24.3 Å². The molecule has 1 unspecified atom stereocenters. The molecular formula is C26H27FO2. The van der Waals surface area contributed by atoms with Crippen molar-refractivity contribution in [3.05, 3.63) is 95.3 Å². The lowest BCUT2D eigenvalue weighted by atomic mass is 9.86. The molecule has 3 aromatic rings. The molecule has 29 heavy (non-hydrogen) atoms. The van der Waals surface area contributed by atoms with Crippen LogP contribution in [-0.2, 0) is 6.42 Å². The normalized spacial score (nSPS) is 15.2. The van der Waals surface area contributed by atoms with Gasteiger partial charge in [-0.25, -0.2) is 4.39 Å². The van der Waals surface area contributed by atoms with Crippen LogP contribution < -0.4 is 9.47 Å². The van der Waals surface area contributed by atoms with E-state index in [0.717, 1.165) is 36.3 Å². The summed E-state index contributed by atoms with van der Waals surface area (Å²) in [6.45, 7) is 0. The summed E-state index contributed by atoms with van der Waals surface area (Å²) in [5.74, 6) is 1.53. The zero-order valence-electron chi connectivity index (χ0n) is 16.8. The van der Waals surface area contributed by atoms with Crippen LogP contribution >= 0.6 is 0 Å². The van der Waals surface area contributed by atoms with Crippen molar-refractivity contribution >= 4 is 0 Å². The predicted octanol–water partition coefficient (Wildman–Crippen LogP) is 6.53. The summed E-state index contributed by atoms with van der Waals surface area (Å²) >= 11 is 0.